The number of aromatic carboxylic acids is 1. The van der Waals surface area contributed by atoms with Crippen molar-refractivity contribution >= 4 is 47.8 Å². The predicted octanol–water partition coefficient (Wildman–Crippen LogP) is 6.60. The van der Waals surface area contributed by atoms with Crippen LogP contribution in [0.3, 0.4) is 0 Å². The van der Waals surface area contributed by atoms with E-state index in [1.807, 2.05) is 0 Å². The summed E-state index contributed by atoms with van der Waals surface area (Å²) >= 11 is 0.718. The molecule has 0 saturated carbocycles. The van der Waals surface area contributed by atoms with Crippen molar-refractivity contribution in [2.45, 2.75) is 46.3 Å². The number of carbonyl (C=O) groups is 2. The fraction of sp³-hybridized carbons (Fsp3) is 0.345. The Hall–Kier alpha value is -3.95. The SMILES string of the molecule is CC[C@@H](COP(=O)(O)OCC(C)C)n1cc(C(=O)O)c(=O)c2cc(-c3cnc(NC(C)=O)cc3-c3nc(C(F)(F)F)cs3)ccc21. The molecule has 46 heavy (non-hydrogen) atoms. The van der Waals surface area contributed by atoms with E-state index in [1.165, 1.54) is 35.9 Å². The molecule has 1 aromatic carbocycles. The Labute approximate surface area is 264 Å². The average Bonchev–Trinajstić information content (AvgIpc) is 3.48. The minimum absolute atomic E-state index is 0.0292. The number of hydrogen-bond acceptors (Lipinski definition) is 9. The average molecular weight is 683 g/mol. The van der Waals surface area contributed by atoms with Gasteiger partial charge in [0.1, 0.15) is 16.4 Å². The van der Waals surface area contributed by atoms with Crippen LogP contribution in [0.5, 0.6) is 0 Å². The summed E-state index contributed by atoms with van der Waals surface area (Å²) in [4.78, 5) is 55.2. The first-order chi connectivity index (χ1) is 21.5. The van der Waals surface area contributed by atoms with E-state index < -0.39 is 48.6 Å². The quantitative estimate of drug-likeness (QED) is 0.138. The summed E-state index contributed by atoms with van der Waals surface area (Å²) in [5, 5.41) is 13.1. The molecule has 1 unspecified atom stereocenters. The van der Waals surface area contributed by atoms with Crippen molar-refractivity contribution in [2.75, 3.05) is 18.5 Å². The maximum atomic E-state index is 13.4. The normalized spacial score (nSPS) is 13.9. The van der Waals surface area contributed by atoms with Gasteiger partial charge in [0.2, 0.25) is 11.3 Å². The van der Waals surface area contributed by atoms with Crippen LogP contribution in [0.25, 0.3) is 32.6 Å². The lowest BCUT2D eigenvalue weighted by Gasteiger charge is -2.23. The third-order valence-electron chi connectivity index (χ3n) is 6.67. The van der Waals surface area contributed by atoms with Gasteiger partial charge in [0.25, 0.3) is 0 Å². The van der Waals surface area contributed by atoms with Crippen molar-refractivity contribution in [3.63, 3.8) is 0 Å². The van der Waals surface area contributed by atoms with E-state index in [0.29, 0.717) is 12.0 Å². The lowest BCUT2D eigenvalue weighted by Crippen LogP contribution is -2.23. The molecule has 0 bridgehead atoms. The number of phosphoric ester groups is 1. The second-order valence-electron chi connectivity index (χ2n) is 10.7. The molecule has 3 aromatic heterocycles. The van der Waals surface area contributed by atoms with Gasteiger partial charge in [-0.05, 0) is 36.1 Å². The van der Waals surface area contributed by atoms with Crippen molar-refractivity contribution in [3.8, 4) is 21.7 Å². The minimum Gasteiger partial charge on any atom is -0.477 e. The van der Waals surface area contributed by atoms with Crippen LogP contribution < -0.4 is 10.7 Å². The Morgan fingerprint density at radius 3 is 2.43 bits per heavy atom. The number of rotatable bonds is 12. The Balaban J connectivity index is 1.86. The number of halogens is 3. The molecule has 17 heteroatoms. The van der Waals surface area contributed by atoms with Crippen LogP contribution >= 0.6 is 19.2 Å². The van der Waals surface area contributed by atoms with Crippen molar-refractivity contribution in [1.29, 1.82) is 0 Å². The molecule has 1 amide bonds. The van der Waals surface area contributed by atoms with Gasteiger partial charge < -0.3 is 19.9 Å². The second kappa shape index (κ2) is 13.8. The second-order valence-corrected chi connectivity index (χ2v) is 13.0. The topological polar surface area (TPSA) is 170 Å². The van der Waals surface area contributed by atoms with Crippen LogP contribution in [0.4, 0.5) is 19.0 Å². The third kappa shape index (κ3) is 8.06. The van der Waals surface area contributed by atoms with Crippen LogP contribution in [0.2, 0.25) is 0 Å². The summed E-state index contributed by atoms with van der Waals surface area (Å²) in [5.41, 5.74) is -1.53. The standard InChI is InChI=1S/C29H30F3N4O8PS/c1-5-18(13-44-45(41,42)43-12-15(2)3)36-11-22(28(39)40)26(38)20-8-17(6-7-23(20)36)21-10-33-25(34-16(4)37)9-19(21)27-35-24(14-46-27)29(30,31)32/h6-11,14-15,18H,5,12-13H2,1-4H3,(H,39,40)(H,41,42)(H,33,34,37)/t18-/m0/s1. The number of benzene rings is 1. The molecule has 4 rings (SSSR count). The molecular weight excluding hydrogens is 652 g/mol. The highest BCUT2D eigenvalue weighted by Gasteiger charge is 2.34. The summed E-state index contributed by atoms with van der Waals surface area (Å²) in [6.45, 7) is 6.17. The van der Waals surface area contributed by atoms with Crippen molar-refractivity contribution in [3.05, 3.63) is 63.5 Å². The zero-order chi connectivity index (χ0) is 34.0. The summed E-state index contributed by atoms with van der Waals surface area (Å²) in [6.07, 6.45) is -1.97. The third-order valence-corrected chi connectivity index (χ3v) is 8.50. The molecule has 2 atom stereocenters. The fourth-order valence-electron chi connectivity index (χ4n) is 4.47. The zero-order valence-corrected chi connectivity index (χ0v) is 26.7. The summed E-state index contributed by atoms with van der Waals surface area (Å²) in [6, 6.07) is 5.10. The number of pyridine rings is 2. The first-order valence-electron chi connectivity index (χ1n) is 13.9. The van der Waals surface area contributed by atoms with E-state index in [0.717, 1.165) is 22.9 Å². The Morgan fingerprint density at radius 2 is 1.85 bits per heavy atom. The Kier molecular flexibility index (Phi) is 10.5. The number of anilines is 1. The molecule has 0 aliphatic rings. The molecule has 0 saturated heterocycles. The highest BCUT2D eigenvalue weighted by atomic mass is 32.1. The number of nitrogens with one attached hydrogen (secondary N) is 1. The molecule has 246 valence electrons. The smallest absolute Gasteiger partial charge is 0.472 e. The van der Waals surface area contributed by atoms with Crippen molar-refractivity contribution in [1.82, 2.24) is 14.5 Å². The highest BCUT2D eigenvalue weighted by Crippen LogP contribution is 2.45. The van der Waals surface area contributed by atoms with E-state index in [9.17, 15) is 42.1 Å². The molecule has 0 aliphatic carbocycles. The van der Waals surface area contributed by atoms with Gasteiger partial charge in [-0.15, -0.1) is 11.3 Å². The lowest BCUT2D eigenvalue weighted by molar-refractivity contribution is -0.140. The first-order valence-corrected chi connectivity index (χ1v) is 16.2. The molecule has 0 fully saturated rings. The summed E-state index contributed by atoms with van der Waals surface area (Å²) in [7, 11) is -4.44. The summed E-state index contributed by atoms with van der Waals surface area (Å²) in [5.74, 6) is -1.97. The van der Waals surface area contributed by atoms with Crippen molar-refractivity contribution < 1.29 is 46.4 Å². The monoisotopic (exact) mass is 682 g/mol. The van der Waals surface area contributed by atoms with E-state index >= 15 is 0 Å². The number of nitrogens with zero attached hydrogens (tertiary/aromatic N) is 3. The number of carboxylic acids is 1. The maximum Gasteiger partial charge on any atom is 0.472 e. The number of phosphoric acid groups is 1. The van der Waals surface area contributed by atoms with Crippen LogP contribution in [0.15, 0.2) is 46.8 Å². The van der Waals surface area contributed by atoms with Gasteiger partial charge in [0.15, 0.2) is 5.69 Å². The van der Waals surface area contributed by atoms with Crippen LogP contribution in [-0.4, -0.2) is 49.6 Å². The van der Waals surface area contributed by atoms with Gasteiger partial charge in [-0.3, -0.25) is 18.6 Å². The van der Waals surface area contributed by atoms with E-state index in [1.54, 1.807) is 26.8 Å². The van der Waals surface area contributed by atoms with Crippen LogP contribution in [-0.2, 0) is 24.6 Å². The van der Waals surface area contributed by atoms with Gasteiger partial charge in [-0.1, -0.05) is 26.8 Å². The first kappa shape index (κ1) is 34.9. The molecular formula is C29H30F3N4O8PS. The number of amides is 1. The Morgan fingerprint density at radius 1 is 1.15 bits per heavy atom. The van der Waals surface area contributed by atoms with E-state index in [-0.39, 0.29) is 52.0 Å². The molecule has 0 spiro atoms. The van der Waals surface area contributed by atoms with Crippen LogP contribution in [0, 0.1) is 5.92 Å². The molecule has 3 N–H and O–H groups in total. The number of thiazole rings is 1. The zero-order valence-electron chi connectivity index (χ0n) is 25.0. The Bertz CT molecular complexity index is 1890. The number of carboxylic acid groups (broad SMARTS) is 1. The van der Waals surface area contributed by atoms with E-state index in [2.05, 4.69) is 15.3 Å². The highest BCUT2D eigenvalue weighted by molar-refractivity contribution is 7.47. The van der Waals surface area contributed by atoms with Gasteiger partial charge in [-0.2, -0.15) is 13.2 Å². The largest absolute Gasteiger partial charge is 0.477 e. The van der Waals surface area contributed by atoms with Gasteiger partial charge >= 0.3 is 20.0 Å². The molecule has 0 aliphatic heterocycles. The fourth-order valence-corrected chi connectivity index (χ4v) is 6.25. The molecule has 3 heterocycles. The van der Waals surface area contributed by atoms with Gasteiger partial charge in [-0.25, -0.2) is 19.3 Å². The minimum atomic E-state index is -4.70. The van der Waals surface area contributed by atoms with Crippen LogP contribution in [0.1, 0.15) is 56.2 Å². The number of aromatic nitrogens is 3. The van der Waals surface area contributed by atoms with Gasteiger partial charge in [0.05, 0.1) is 24.8 Å². The maximum absolute atomic E-state index is 13.4. The van der Waals surface area contributed by atoms with Crippen molar-refractivity contribution in [2.24, 2.45) is 5.92 Å². The molecule has 12 nitrogen and oxygen atoms in total. The molecule has 0 radical (unpaired) electrons. The number of fused-ring (bicyclic) bond motifs is 1. The number of alkyl halides is 3. The molecule has 4 aromatic rings. The van der Waals surface area contributed by atoms with E-state index in [4.69, 9.17) is 9.05 Å². The lowest BCUT2D eigenvalue weighted by atomic mass is 9.99. The number of carbonyl (C=O) groups excluding carboxylic acids is 1. The predicted molar refractivity (Wildman–Crippen MR) is 165 cm³/mol. The van der Waals surface area contributed by atoms with Gasteiger partial charge in [0, 0.05) is 41.2 Å². The number of hydrogen-bond donors (Lipinski definition) is 3. The summed E-state index contributed by atoms with van der Waals surface area (Å²) < 4.78 is 64.2.